The van der Waals surface area contributed by atoms with E-state index < -0.39 is 0 Å². The molecule has 0 saturated carbocycles. The van der Waals surface area contributed by atoms with Gasteiger partial charge < -0.3 is 5.32 Å². The zero-order chi connectivity index (χ0) is 17.1. The number of fused-ring (bicyclic) bond motifs is 1. The SMILES string of the molecule is Clc1cc(CNc2ccc(Cn3cncn3)cc2)c2ncccc2c1. The van der Waals surface area contributed by atoms with Crippen molar-refractivity contribution in [2.45, 2.75) is 13.1 Å². The molecule has 0 amide bonds. The molecule has 2 heterocycles. The van der Waals surface area contributed by atoms with Crippen molar-refractivity contribution in [3.8, 4) is 0 Å². The molecule has 4 aromatic rings. The molecule has 0 aliphatic heterocycles. The van der Waals surface area contributed by atoms with Crippen molar-refractivity contribution < 1.29 is 0 Å². The molecule has 1 N–H and O–H groups in total. The number of hydrogen-bond acceptors (Lipinski definition) is 4. The van der Waals surface area contributed by atoms with Crippen LogP contribution < -0.4 is 5.32 Å². The molecule has 0 radical (unpaired) electrons. The highest BCUT2D eigenvalue weighted by molar-refractivity contribution is 6.31. The molecule has 124 valence electrons. The van der Waals surface area contributed by atoms with Gasteiger partial charge in [-0.1, -0.05) is 29.8 Å². The fourth-order valence-corrected chi connectivity index (χ4v) is 3.04. The van der Waals surface area contributed by atoms with Crippen LogP contribution in [0.2, 0.25) is 5.02 Å². The van der Waals surface area contributed by atoms with Gasteiger partial charge >= 0.3 is 0 Å². The molecular formula is C19H16ClN5. The maximum atomic E-state index is 6.23. The highest BCUT2D eigenvalue weighted by Gasteiger charge is 2.05. The summed E-state index contributed by atoms with van der Waals surface area (Å²) in [6, 6.07) is 16.1. The normalized spacial score (nSPS) is 10.9. The van der Waals surface area contributed by atoms with Crippen molar-refractivity contribution in [1.82, 2.24) is 19.7 Å². The monoisotopic (exact) mass is 349 g/mol. The van der Waals surface area contributed by atoms with E-state index in [-0.39, 0.29) is 0 Å². The molecule has 0 aliphatic rings. The summed E-state index contributed by atoms with van der Waals surface area (Å²) in [6.45, 7) is 1.37. The van der Waals surface area contributed by atoms with Crippen molar-refractivity contribution in [2.75, 3.05) is 5.32 Å². The van der Waals surface area contributed by atoms with Crippen LogP contribution in [0.1, 0.15) is 11.1 Å². The number of halogens is 1. The zero-order valence-corrected chi connectivity index (χ0v) is 14.2. The predicted octanol–water partition coefficient (Wildman–Crippen LogP) is 4.14. The smallest absolute Gasteiger partial charge is 0.137 e. The van der Waals surface area contributed by atoms with Crippen LogP contribution in [-0.4, -0.2) is 19.7 Å². The third kappa shape index (κ3) is 3.61. The lowest BCUT2D eigenvalue weighted by Crippen LogP contribution is -2.02. The summed E-state index contributed by atoms with van der Waals surface area (Å²) >= 11 is 6.23. The molecule has 25 heavy (non-hydrogen) atoms. The Morgan fingerprint density at radius 3 is 2.76 bits per heavy atom. The van der Waals surface area contributed by atoms with Crippen LogP contribution in [0.5, 0.6) is 0 Å². The minimum atomic E-state index is 0.663. The summed E-state index contributed by atoms with van der Waals surface area (Å²) in [5.41, 5.74) is 4.27. The number of nitrogens with one attached hydrogen (secondary N) is 1. The highest BCUT2D eigenvalue weighted by atomic mass is 35.5. The molecule has 0 spiro atoms. The summed E-state index contributed by atoms with van der Waals surface area (Å²) in [5, 5.41) is 9.32. The Labute approximate surface area is 150 Å². The van der Waals surface area contributed by atoms with Gasteiger partial charge in [0.1, 0.15) is 12.7 Å². The third-order valence-electron chi connectivity index (χ3n) is 4.00. The lowest BCUT2D eigenvalue weighted by atomic mass is 10.1. The second kappa shape index (κ2) is 6.91. The van der Waals surface area contributed by atoms with E-state index in [0.717, 1.165) is 27.2 Å². The zero-order valence-electron chi connectivity index (χ0n) is 13.4. The van der Waals surface area contributed by atoms with Gasteiger partial charge in [0.2, 0.25) is 0 Å². The summed E-state index contributed by atoms with van der Waals surface area (Å²) in [7, 11) is 0. The first-order chi connectivity index (χ1) is 12.3. The first-order valence-corrected chi connectivity index (χ1v) is 8.34. The largest absolute Gasteiger partial charge is 0.381 e. The lowest BCUT2D eigenvalue weighted by molar-refractivity contribution is 0.685. The van der Waals surface area contributed by atoms with Gasteiger partial charge in [-0.15, -0.1) is 0 Å². The van der Waals surface area contributed by atoms with Gasteiger partial charge in [-0.3, -0.25) is 4.98 Å². The van der Waals surface area contributed by atoms with Crippen LogP contribution in [0, 0.1) is 0 Å². The Bertz CT molecular complexity index is 981. The molecule has 0 bridgehead atoms. The van der Waals surface area contributed by atoms with Crippen LogP contribution in [0.4, 0.5) is 5.69 Å². The molecule has 0 aliphatic carbocycles. The van der Waals surface area contributed by atoms with Gasteiger partial charge in [0.05, 0.1) is 12.1 Å². The number of anilines is 1. The fourth-order valence-electron chi connectivity index (χ4n) is 2.79. The molecule has 0 unspecified atom stereocenters. The van der Waals surface area contributed by atoms with Crippen molar-refractivity contribution in [3.05, 3.63) is 83.5 Å². The Kier molecular flexibility index (Phi) is 4.31. The van der Waals surface area contributed by atoms with E-state index in [9.17, 15) is 0 Å². The maximum Gasteiger partial charge on any atom is 0.137 e. The number of pyridine rings is 1. The van der Waals surface area contributed by atoms with E-state index in [1.807, 2.05) is 24.3 Å². The van der Waals surface area contributed by atoms with Crippen LogP contribution in [0.3, 0.4) is 0 Å². The average molecular weight is 350 g/mol. The van der Waals surface area contributed by atoms with Crippen LogP contribution in [-0.2, 0) is 13.1 Å². The van der Waals surface area contributed by atoms with Crippen LogP contribution in [0.25, 0.3) is 10.9 Å². The molecule has 0 saturated heterocycles. The van der Waals surface area contributed by atoms with Gasteiger partial charge in [0.15, 0.2) is 0 Å². The van der Waals surface area contributed by atoms with Crippen molar-refractivity contribution >= 4 is 28.2 Å². The quantitative estimate of drug-likeness (QED) is 0.588. The second-order valence-corrected chi connectivity index (χ2v) is 6.22. The molecule has 5 nitrogen and oxygen atoms in total. The first kappa shape index (κ1) is 15.6. The molecule has 6 heteroatoms. The molecule has 2 aromatic heterocycles. The number of aromatic nitrogens is 4. The van der Waals surface area contributed by atoms with Crippen molar-refractivity contribution in [1.29, 1.82) is 0 Å². The highest BCUT2D eigenvalue weighted by Crippen LogP contribution is 2.23. The van der Waals surface area contributed by atoms with Crippen LogP contribution in [0.15, 0.2) is 67.4 Å². The first-order valence-electron chi connectivity index (χ1n) is 7.96. The van der Waals surface area contributed by atoms with E-state index in [4.69, 9.17) is 11.6 Å². The van der Waals surface area contributed by atoms with E-state index in [0.29, 0.717) is 13.1 Å². The van der Waals surface area contributed by atoms with Gasteiger partial charge in [0, 0.05) is 28.8 Å². The summed E-state index contributed by atoms with van der Waals surface area (Å²) in [4.78, 5) is 8.43. The molecule has 0 fully saturated rings. The summed E-state index contributed by atoms with van der Waals surface area (Å²) in [6.07, 6.45) is 5.06. The average Bonchev–Trinajstić information content (AvgIpc) is 3.14. The van der Waals surface area contributed by atoms with E-state index in [2.05, 4.69) is 44.6 Å². The van der Waals surface area contributed by atoms with E-state index in [1.165, 1.54) is 5.56 Å². The molecule has 2 aromatic carbocycles. The van der Waals surface area contributed by atoms with Gasteiger partial charge in [0.25, 0.3) is 0 Å². The lowest BCUT2D eigenvalue weighted by Gasteiger charge is -2.10. The summed E-state index contributed by atoms with van der Waals surface area (Å²) in [5.74, 6) is 0. The van der Waals surface area contributed by atoms with Crippen LogP contribution >= 0.6 is 11.6 Å². The van der Waals surface area contributed by atoms with E-state index >= 15 is 0 Å². The summed E-state index contributed by atoms with van der Waals surface area (Å²) < 4.78 is 1.80. The maximum absolute atomic E-state index is 6.23. The minimum Gasteiger partial charge on any atom is -0.381 e. The predicted molar refractivity (Wildman–Crippen MR) is 99.6 cm³/mol. The Morgan fingerprint density at radius 2 is 1.96 bits per heavy atom. The Morgan fingerprint density at radius 1 is 1.08 bits per heavy atom. The fraction of sp³-hybridized carbons (Fsp3) is 0.105. The molecule has 4 rings (SSSR count). The number of hydrogen-bond donors (Lipinski definition) is 1. The Balaban J connectivity index is 1.48. The number of rotatable bonds is 5. The van der Waals surface area contributed by atoms with Gasteiger partial charge in [-0.2, -0.15) is 5.10 Å². The standard InChI is InChI=1S/C19H16ClN5/c20-17-8-15-2-1-7-22-19(15)16(9-17)10-23-18-5-3-14(4-6-18)11-25-13-21-12-24-25/h1-9,12-13,23H,10-11H2. The van der Waals surface area contributed by atoms with Crippen molar-refractivity contribution in [3.63, 3.8) is 0 Å². The van der Waals surface area contributed by atoms with Crippen molar-refractivity contribution in [2.24, 2.45) is 0 Å². The number of nitrogens with zero attached hydrogens (tertiary/aromatic N) is 4. The number of benzene rings is 2. The third-order valence-corrected chi connectivity index (χ3v) is 4.21. The van der Waals surface area contributed by atoms with E-state index in [1.54, 1.807) is 23.5 Å². The topological polar surface area (TPSA) is 55.6 Å². The van der Waals surface area contributed by atoms with Gasteiger partial charge in [-0.25, -0.2) is 9.67 Å². The molecular weight excluding hydrogens is 334 g/mol. The Hall–Kier alpha value is -2.92. The second-order valence-electron chi connectivity index (χ2n) is 5.78. The van der Waals surface area contributed by atoms with Gasteiger partial charge in [-0.05, 0) is 41.5 Å². The minimum absolute atomic E-state index is 0.663. The molecule has 0 atom stereocenters.